The third kappa shape index (κ3) is 6.60. The normalized spacial score (nSPS) is 14.8. The molecule has 2 heterocycles. The van der Waals surface area contributed by atoms with Crippen LogP contribution in [0.25, 0.3) is 6.08 Å². The van der Waals surface area contributed by atoms with Gasteiger partial charge in [-0.1, -0.05) is 64.9 Å². The van der Waals surface area contributed by atoms with E-state index in [-0.39, 0.29) is 52.1 Å². The van der Waals surface area contributed by atoms with Crippen molar-refractivity contribution in [3.05, 3.63) is 124 Å². The molecule has 1 aromatic heterocycles. The molecule has 0 N–H and O–H groups in total. The molecule has 0 spiro atoms. The highest BCUT2D eigenvalue weighted by molar-refractivity contribution is 7.07. The number of benzene rings is 3. The summed E-state index contributed by atoms with van der Waals surface area (Å²) >= 11 is 14.2. The molecule has 0 fully saturated rings. The zero-order chi connectivity index (χ0) is 31.5. The first-order valence-electron chi connectivity index (χ1n) is 13.9. The lowest BCUT2D eigenvalue weighted by Gasteiger charge is -2.26. The molecule has 0 amide bonds. The summed E-state index contributed by atoms with van der Waals surface area (Å²) in [7, 11) is 0. The van der Waals surface area contributed by atoms with Crippen LogP contribution < -0.4 is 24.4 Å². The largest absolute Gasteiger partial charge is 0.491 e. The number of allylic oxidation sites excluding steroid dienone is 1. The van der Waals surface area contributed by atoms with Crippen LogP contribution in [0.4, 0.5) is 4.39 Å². The minimum absolute atomic E-state index is 0.0687. The van der Waals surface area contributed by atoms with Gasteiger partial charge in [-0.15, -0.1) is 0 Å². The lowest BCUT2D eigenvalue weighted by atomic mass is 9.95. The number of carbonyl (C=O) groups is 1. The van der Waals surface area contributed by atoms with Crippen LogP contribution in [0.15, 0.2) is 81.7 Å². The van der Waals surface area contributed by atoms with Crippen molar-refractivity contribution in [2.45, 2.75) is 46.4 Å². The number of thiazole rings is 1. The van der Waals surface area contributed by atoms with Crippen LogP contribution in [0.1, 0.15) is 50.4 Å². The number of hydrogen-bond acceptors (Lipinski definition) is 7. The number of rotatable bonds is 9. The number of ether oxygens (including phenoxy) is 3. The maximum absolute atomic E-state index is 14.0. The summed E-state index contributed by atoms with van der Waals surface area (Å²) in [5.74, 6) is -0.138. The number of carbonyl (C=O) groups excluding carboxylic acids is 1. The zero-order valence-corrected chi connectivity index (χ0v) is 26.7. The monoisotopic (exact) mass is 654 g/mol. The summed E-state index contributed by atoms with van der Waals surface area (Å²) in [5.41, 5.74) is 2.17. The molecule has 0 bridgehead atoms. The molecule has 44 heavy (non-hydrogen) atoms. The molecule has 228 valence electrons. The van der Waals surface area contributed by atoms with Crippen molar-refractivity contribution in [1.82, 2.24) is 4.57 Å². The first-order valence-corrected chi connectivity index (χ1v) is 15.5. The molecule has 0 unspecified atom stereocenters. The molecule has 0 aliphatic carbocycles. The summed E-state index contributed by atoms with van der Waals surface area (Å²) < 4.78 is 32.7. The number of halogens is 3. The van der Waals surface area contributed by atoms with Gasteiger partial charge >= 0.3 is 5.97 Å². The van der Waals surface area contributed by atoms with Crippen LogP contribution in [-0.2, 0) is 16.1 Å². The minimum Gasteiger partial charge on any atom is -0.491 e. The Hall–Kier alpha value is -3.92. The summed E-state index contributed by atoms with van der Waals surface area (Å²) in [6.45, 7) is 7.50. The van der Waals surface area contributed by atoms with Crippen LogP contribution in [0.2, 0.25) is 10.0 Å². The Morgan fingerprint density at radius 2 is 1.84 bits per heavy atom. The Morgan fingerprint density at radius 3 is 2.52 bits per heavy atom. The van der Waals surface area contributed by atoms with Crippen LogP contribution in [0.5, 0.6) is 11.5 Å². The number of aromatic nitrogens is 1. The maximum atomic E-state index is 14.0. The summed E-state index contributed by atoms with van der Waals surface area (Å²) in [6, 6.07) is 15.8. The highest BCUT2D eigenvalue weighted by Crippen LogP contribution is 2.37. The van der Waals surface area contributed by atoms with Gasteiger partial charge in [-0.2, -0.15) is 0 Å². The molecule has 3 aromatic carbocycles. The molecule has 5 rings (SSSR count). The molecule has 1 atom stereocenters. The predicted octanol–water partition coefficient (Wildman–Crippen LogP) is 6.61. The second-order valence-electron chi connectivity index (χ2n) is 10.2. The van der Waals surface area contributed by atoms with E-state index in [4.69, 9.17) is 37.4 Å². The summed E-state index contributed by atoms with van der Waals surface area (Å²) in [6.07, 6.45) is 1.52. The minimum atomic E-state index is -0.826. The highest BCUT2D eigenvalue weighted by Gasteiger charge is 2.35. The lowest BCUT2D eigenvalue weighted by Crippen LogP contribution is -2.40. The Balaban J connectivity index is 1.59. The fraction of sp³-hybridized carbons (Fsp3) is 0.242. The first kappa shape index (κ1) is 31.5. The number of hydrogen-bond donors (Lipinski definition) is 0. The average Bonchev–Trinajstić information content (AvgIpc) is 3.26. The van der Waals surface area contributed by atoms with E-state index in [1.165, 1.54) is 28.0 Å². The van der Waals surface area contributed by atoms with Crippen LogP contribution in [0, 0.1) is 5.82 Å². The van der Waals surface area contributed by atoms with E-state index in [9.17, 15) is 14.0 Å². The van der Waals surface area contributed by atoms with Crippen LogP contribution >= 0.6 is 34.5 Å². The van der Waals surface area contributed by atoms with Crippen molar-refractivity contribution < 1.29 is 23.4 Å². The molecule has 4 aromatic rings. The molecule has 7 nitrogen and oxygen atoms in total. The first-order chi connectivity index (χ1) is 21.1. The fourth-order valence-corrected chi connectivity index (χ4v) is 6.55. The van der Waals surface area contributed by atoms with E-state index in [1.807, 2.05) is 38.1 Å². The fourth-order valence-electron chi connectivity index (χ4n) is 4.89. The highest BCUT2D eigenvalue weighted by atomic mass is 35.5. The van der Waals surface area contributed by atoms with Gasteiger partial charge in [0.2, 0.25) is 0 Å². The second-order valence-corrected chi connectivity index (χ2v) is 12.1. The number of fused-ring (bicyclic) bond motifs is 1. The van der Waals surface area contributed by atoms with Crippen molar-refractivity contribution in [3.63, 3.8) is 0 Å². The number of nitrogens with zero attached hydrogens (tertiary/aromatic N) is 2. The molecule has 1 aliphatic heterocycles. The Morgan fingerprint density at radius 1 is 1.11 bits per heavy atom. The van der Waals surface area contributed by atoms with Crippen LogP contribution in [-0.4, -0.2) is 23.2 Å². The van der Waals surface area contributed by atoms with Gasteiger partial charge in [0.15, 0.2) is 10.6 Å². The van der Waals surface area contributed by atoms with E-state index in [2.05, 4.69) is 4.99 Å². The summed E-state index contributed by atoms with van der Waals surface area (Å²) in [4.78, 5) is 32.3. The second kappa shape index (κ2) is 13.4. The van der Waals surface area contributed by atoms with Gasteiger partial charge in [-0.05, 0) is 75.2 Å². The molecule has 0 radical (unpaired) electrons. The third-order valence-corrected chi connectivity index (χ3v) is 8.23. The third-order valence-electron chi connectivity index (χ3n) is 6.68. The van der Waals surface area contributed by atoms with E-state index in [0.717, 1.165) is 0 Å². The van der Waals surface area contributed by atoms with Crippen LogP contribution in [0.3, 0.4) is 0 Å². The topological polar surface area (TPSA) is 79.1 Å². The van der Waals surface area contributed by atoms with Gasteiger partial charge in [0, 0.05) is 5.56 Å². The molecule has 0 saturated heterocycles. The van der Waals surface area contributed by atoms with E-state index in [0.29, 0.717) is 37.5 Å². The predicted molar refractivity (Wildman–Crippen MR) is 170 cm³/mol. The molecular weight excluding hydrogens is 626 g/mol. The van der Waals surface area contributed by atoms with Gasteiger partial charge in [0.25, 0.3) is 5.56 Å². The van der Waals surface area contributed by atoms with E-state index >= 15 is 0 Å². The van der Waals surface area contributed by atoms with Crippen molar-refractivity contribution in [2.24, 2.45) is 4.99 Å². The van der Waals surface area contributed by atoms with E-state index < -0.39 is 12.0 Å². The van der Waals surface area contributed by atoms with Gasteiger partial charge in [-0.3, -0.25) is 9.36 Å². The SMILES string of the molecule is CCOC(=O)C1=C(C)N=c2s/c(=C/c3cc(Cl)c(OCc4cccc(F)c4)c(Cl)c3)c(=O)n2[C@@H]1c1ccccc1OC(C)C. The van der Waals surface area contributed by atoms with Gasteiger partial charge in [0.05, 0.1) is 38.6 Å². The maximum Gasteiger partial charge on any atom is 0.338 e. The van der Waals surface area contributed by atoms with Gasteiger partial charge in [-0.25, -0.2) is 14.2 Å². The Kier molecular flexibility index (Phi) is 9.58. The van der Waals surface area contributed by atoms with Gasteiger partial charge < -0.3 is 14.2 Å². The zero-order valence-electron chi connectivity index (χ0n) is 24.4. The molecule has 1 aliphatic rings. The van der Waals surface area contributed by atoms with Crippen molar-refractivity contribution in [3.8, 4) is 11.5 Å². The van der Waals surface area contributed by atoms with E-state index in [1.54, 1.807) is 44.2 Å². The Bertz CT molecular complexity index is 1930. The standard InChI is InChI=1S/C33H29Cl2FN2O5S/c1-5-41-32(40)28-19(4)37-33-38(29(28)23-11-6-7-12-26(23)43-18(2)3)31(39)27(44-33)16-21-14-24(34)30(25(35)15-21)42-17-20-9-8-10-22(36)13-20/h6-16,18,29H,5,17H2,1-4H3/b27-16+/t29-/m1/s1. The van der Waals surface area contributed by atoms with Crippen molar-refractivity contribution in [1.29, 1.82) is 0 Å². The van der Waals surface area contributed by atoms with Crippen molar-refractivity contribution >= 4 is 46.6 Å². The van der Waals surface area contributed by atoms with Gasteiger partial charge in [0.1, 0.15) is 24.2 Å². The lowest BCUT2D eigenvalue weighted by molar-refractivity contribution is -0.139. The Labute approximate surface area is 267 Å². The molecule has 0 saturated carbocycles. The number of para-hydroxylation sites is 1. The number of esters is 1. The average molecular weight is 656 g/mol. The van der Waals surface area contributed by atoms with Crippen molar-refractivity contribution in [2.75, 3.05) is 6.61 Å². The molecular formula is C33H29Cl2FN2O5S. The summed E-state index contributed by atoms with van der Waals surface area (Å²) in [5, 5.41) is 0.456. The quantitative estimate of drug-likeness (QED) is 0.190. The molecule has 11 heteroatoms. The smallest absolute Gasteiger partial charge is 0.338 e.